The van der Waals surface area contributed by atoms with E-state index in [1.165, 1.54) is 11.1 Å². The summed E-state index contributed by atoms with van der Waals surface area (Å²) in [6, 6.07) is 8.51. The van der Waals surface area contributed by atoms with Crippen molar-refractivity contribution in [3.05, 3.63) is 35.4 Å². The van der Waals surface area contributed by atoms with Crippen LogP contribution in [0.5, 0.6) is 0 Å². The van der Waals surface area contributed by atoms with Gasteiger partial charge in [0, 0.05) is 13.1 Å². The first-order valence-electron chi connectivity index (χ1n) is 6.19. The van der Waals surface area contributed by atoms with Crippen LogP contribution in [0.25, 0.3) is 0 Å². The number of rotatable bonds is 4. The van der Waals surface area contributed by atoms with Crippen molar-refractivity contribution in [3.8, 4) is 0 Å². The Hall–Kier alpha value is -1.35. The lowest BCUT2D eigenvalue weighted by molar-refractivity contribution is -0.141. The van der Waals surface area contributed by atoms with Crippen molar-refractivity contribution in [3.63, 3.8) is 0 Å². The SMILES string of the molecule is CC(CCN1CCc2ccccc2C1)C(=O)O. The fourth-order valence-corrected chi connectivity index (χ4v) is 2.24. The molecular formula is C14H19NO2. The summed E-state index contributed by atoms with van der Waals surface area (Å²) >= 11 is 0. The number of nitrogens with zero attached hydrogens (tertiary/aromatic N) is 1. The molecule has 1 atom stereocenters. The first-order valence-corrected chi connectivity index (χ1v) is 6.19. The van der Waals surface area contributed by atoms with Crippen LogP contribution in [-0.2, 0) is 17.8 Å². The van der Waals surface area contributed by atoms with E-state index < -0.39 is 5.97 Å². The van der Waals surface area contributed by atoms with Crippen LogP contribution in [0.2, 0.25) is 0 Å². The lowest BCUT2D eigenvalue weighted by atomic mass is 9.99. The van der Waals surface area contributed by atoms with Crippen molar-refractivity contribution in [2.45, 2.75) is 26.3 Å². The largest absolute Gasteiger partial charge is 0.481 e. The second-order valence-corrected chi connectivity index (χ2v) is 4.82. The number of aliphatic carboxylic acids is 1. The zero-order valence-electron chi connectivity index (χ0n) is 10.2. The van der Waals surface area contributed by atoms with Crippen LogP contribution in [-0.4, -0.2) is 29.1 Å². The summed E-state index contributed by atoms with van der Waals surface area (Å²) < 4.78 is 0. The van der Waals surface area contributed by atoms with E-state index in [0.29, 0.717) is 0 Å². The predicted octanol–water partition coefficient (Wildman–Crippen LogP) is 2.16. The maximum absolute atomic E-state index is 10.8. The van der Waals surface area contributed by atoms with Crippen molar-refractivity contribution in [1.82, 2.24) is 4.90 Å². The Labute approximate surface area is 102 Å². The summed E-state index contributed by atoms with van der Waals surface area (Å²) in [7, 11) is 0. The quantitative estimate of drug-likeness (QED) is 0.866. The van der Waals surface area contributed by atoms with Crippen LogP contribution in [0.4, 0.5) is 0 Å². The van der Waals surface area contributed by atoms with E-state index >= 15 is 0 Å². The number of carboxylic acid groups (broad SMARTS) is 1. The third kappa shape index (κ3) is 3.07. The molecule has 17 heavy (non-hydrogen) atoms. The molecule has 1 unspecified atom stereocenters. The monoisotopic (exact) mass is 233 g/mol. The lowest BCUT2D eigenvalue weighted by Crippen LogP contribution is -2.32. The molecule has 1 aromatic carbocycles. The van der Waals surface area contributed by atoms with Gasteiger partial charge in [-0.05, 0) is 30.5 Å². The van der Waals surface area contributed by atoms with E-state index in [9.17, 15) is 4.79 Å². The van der Waals surface area contributed by atoms with E-state index in [4.69, 9.17) is 5.11 Å². The van der Waals surface area contributed by atoms with Gasteiger partial charge in [0.2, 0.25) is 0 Å². The minimum atomic E-state index is -0.692. The average Bonchev–Trinajstić information content (AvgIpc) is 2.35. The molecule has 0 fully saturated rings. The number of benzene rings is 1. The zero-order chi connectivity index (χ0) is 12.3. The molecule has 1 aliphatic rings. The van der Waals surface area contributed by atoms with Gasteiger partial charge < -0.3 is 5.11 Å². The Balaban J connectivity index is 1.88. The van der Waals surface area contributed by atoms with E-state index in [-0.39, 0.29) is 5.92 Å². The van der Waals surface area contributed by atoms with Gasteiger partial charge >= 0.3 is 5.97 Å². The van der Waals surface area contributed by atoms with Crippen molar-refractivity contribution >= 4 is 5.97 Å². The van der Waals surface area contributed by atoms with Gasteiger partial charge in [-0.2, -0.15) is 0 Å². The van der Waals surface area contributed by atoms with Crippen molar-refractivity contribution < 1.29 is 9.90 Å². The lowest BCUT2D eigenvalue weighted by Gasteiger charge is -2.29. The van der Waals surface area contributed by atoms with E-state index in [2.05, 4.69) is 29.2 Å². The summed E-state index contributed by atoms with van der Waals surface area (Å²) in [4.78, 5) is 13.1. The molecule has 92 valence electrons. The molecule has 3 heteroatoms. The second kappa shape index (κ2) is 5.32. The van der Waals surface area contributed by atoms with Crippen LogP contribution in [0, 0.1) is 5.92 Å². The van der Waals surface area contributed by atoms with Crippen LogP contribution < -0.4 is 0 Å². The van der Waals surface area contributed by atoms with E-state index in [1.54, 1.807) is 6.92 Å². The molecule has 0 saturated heterocycles. The second-order valence-electron chi connectivity index (χ2n) is 4.82. The summed E-state index contributed by atoms with van der Waals surface area (Å²) in [6.07, 6.45) is 1.81. The highest BCUT2D eigenvalue weighted by Crippen LogP contribution is 2.19. The van der Waals surface area contributed by atoms with Crippen molar-refractivity contribution in [2.24, 2.45) is 5.92 Å². The maximum Gasteiger partial charge on any atom is 0.306 e. The van der Waals surface area contributed by atoms with Crippen molar-refractivity contribution in [1.29, 1.82) is 0 Å². The summed E-state index contributed by atoms with van der Waals surface area (Å²) in [5.41, 5.74) is 2.83. The van der Waals surface area contributed by atoms with Gasteiger partial charge in [-0.3, -0.25) is 9.69 Å². The molecule has 1 N–H and O–H groups in total. The van der Waals surface area contributed by atoms with Gasteiger partial charge in [0.05, 0.1) is 5.92 Å². The number of carbonyl (C=O) groups is 1. The zero-order valence-corrected chi connectivity index (χ0v) is 10.2. The number of hydrogen-bond acceptors (Lipinski definition) is 2. The highest BCUT2D eigenvalue weighted by molar-refractivity contribution is 5.69. The van der Waals surface area contributed by atoms with Gasteiger partial charge in [0.25, 0.3) is 0 Å². The van der Waals surface area contributed by atoms with Gasteiger partial charge in [0.1, 0.15) is 0 Å². The Morgan fingerprint density at radius 3 is 2.82 bits per heavy atom. The fourth-order valence-electron chi connectivity index (χ4n) is 2.24. The van der Waals surface area contributed by atoms with Gasteiger partial charge in [-0.1, -0.05) is 31.2 Å². The summed E-state index contributed by atoms with van der Waals surface area (Å²) in [5, 5.41) is 8.85. The van der Waals surface area contributed by atoms with Gasteiger partial charge in [-0.25, -0.2) is 0 Å². The molecule has 1 aliphatic heterocycles. The summed E-state index contributed by atoms with van der Waals surface area (Å²) in [5.74, 6) is -0.936. The minimum Gasteiger partial charge on any atom is -0.481 e. The molecule has 0 spiro atoms. The highest BCUT2D eigenvalue weighted by atomic mass is 16.4. The normalized spacial score (nSPS) is 17.5. The average molecular weight is 233 g/mol. The molecule has 0 bridgehead atoms. The minimum absolute atomic E-state index is 0.243. The molecule has 2 rings (SSSR count). The fraction of sp³-hybridized carbons (Fsp3) is 0.500. The van der Waals surface area contributed by atoms with Gasteiger partial charge in [0.15, 0.2) is 0 Å². The molecule has 0 radical (unpaired) electrons. The first-order chi connectivity index (χ1) is 8.16. The molecule has 0 saturated carbocycles. The molecule has 1 aromatic rings. The van der Waals surface area contributed by atoms with E-state index in [1.807, 2.05) is 0 Å². The van der Waals surface area contributed by atoms with Crippen LogP contribution in [0.1, 0.15) is 24.5 Å². The topological polar surface area (TPSA) is 40.5 Å². The molecule has 3 nitrogen and oxygen atoms in total. The molecular weight excluding hydrogens is 214 g/mol. The van der Waals surface area contributed by atoms with Crippen LogP contribution in [0.3, 0.4) is 0 Å². The maximum atomic E-state index is 10.8. The predicted molar refractivity (Wildman–Crippen MR) is 66.8 cm³/mol. The molecule has 0 amide bonds. The van der Waals surface area contributed by atoms with Crippen LogP contribution >= 0.6 is 0 Å². The number of carboxylic acids is 1. The Morgan fingerprint density at radius 2 is 2.12 bits per heavy atom. The van der Waals surface area contributed by atoms with E-state index in [0.717, 1.165) is 32.5 Å². The number of fused-ring (bicyclic) bond motifs is 1. The number of hydrogen-bond donors (Lipinski definition) is 1. The molecule has 0 aromatic heterocycles. The van der Waals surface area contributed by atoms with Gasteiger partial charge in [-0.15, -0.1) is 0 Å². The molecule has 1 heterocycles. The Kier molecular flexibility index (Phi) is 3.79. The summed E-state index contributed by atoms with van der Waals surface area (Å²) in [6.45, 7) is 4.66. The smallest absolute Gasteiger partial charge is 0.306 e. The Bertz CT molecular complexity index is 403. The third-order valence-corrected chi connectivity index (χ3v) is 3.51. The molecule has 0 aliphatic carbocycles. The Morgan fingerprint density at radius 1 is 1.41 bits per heavy atom. The highest BCUT2D eigenvalue weighted by Gasteiger charge is 2.17. The third-order valence-electron chi connectivity index (χ3n) is 3.51. The van der Waals surface area contributed by atoms with Crippen LogP contribution in [0.15, 0.2) is 24.3 Å². The standard InChI is InChI=1S/C14H19NO2/c1-11(14(16)17)6-8-15-9-7-12-4-2-3-5-13(12)10-15/h2-5,11H,6-10H2,1H3,(H,16,17). The van der Waals surface area contributed by atoms with Crippen molar-refractivity contribution in [2.75, 3.05) is 13.1 Å². The first kappa shape index (κ1) is 12.1.